The Labute approximate surface area is 203 Å². The molecule has 0 fully saturated rings. The number of aliphatic hydroxyl groups is 1. The molecular weight excluding hydrogens is 404 g/mol. The smallest absolute Gasteiger partial charge is 0.106 e. The van der Waals surface area contributed by atoms with E-state index in [1.807, 2.05) is 6.07 Å². The molecule has 0 aliphatic carbocycles. The Bertz CT molecular complexity index is 695. The zero-order valence-electron chi connectivity index (χ0n) is 21.4. The van der Waals surface area contributed by atoms with E-state index in [9.17, 15) is 5.11 Å². The maximum Gasteiger partial charge on any atom is 0.106 e. The van der Waals surface area contributed by atoms with E-state index < -0.39 is 0 Å². The lowest BCUT2D eigenvalue weighted by Gasteiger charge is -2.03. The number of nitrogens with one attached hydrogen (secondary N) is 1. The molecule has 1 aromatic carbocycles. The van der Waals surface area contributed by atoms with E-state index in [2.05, 4.69) is 36.2 Å². The molecule has 1 heterocycles. The van der Waals surface area contributed by atoms with Crippen LogP contribution in [0.25, 0.3) is 0 Å². The van der Waals surface area contributed by atoms with E-state index >= 15 is 0 Å². The largest absolute Gasteiger partial charge is 0.396 e. The number of aromatic amines is 1. The van der Waals surface area contributed by atoms with Crippen LogP contribution in [0.4, 0.5) is 0 Å². The number of benzene rings is 1. The Morgan fingerprint density at radius 3 is 1.70 bits per heavy atom. The molecule has 3 heteroatoms. The second-order valence-electron chi connectivity index (χ2n) is 9.80. The van der Waals surface area contributed by atoms with Crippen LogP contribution in [-0.4, -0.2) is 21.7 Å². The highest BCUT2D eigenvalue weighted by Crippen LogP contribution is 2.16. The Morgan fingerprint density at radius 2 is 1.18 bits per heavy atom. The van der Waals surface area contributed by atoms with Gasteiger partial charge in [-0.2, -0.15) is 0 Å². The minimum absolute atomic E-state index is 0.158. The summed E-state index contributed by atoms with van der Waals surface area (Å²) in [5, 5.41) is 9.39. The zero-order chi connectivity index (χ0) is 23.4. The monoisotopic (exact) mass is 454 g/mol. The van der Waals surface area contributed by atoms with Crippen molar-refractivity contribution in [2.45, 2.75) is 129 Å². The molecule has 186 valence electrons. The topological polar surface area (TPSA) is 48.9 Å². The summed E-state index contributed by atoms with van der Waals surface area (Å²) in [6.07, 6.45) is 24.9. The molecule has 0 saturated heterocycles. The van der Waals surface area contributed by atoms with E-state index in [4.69, 9.17) is 4.98 Å². The molecule has 2 rings (SSSR count). The number of hydrogen-bond donors (Lipinski definition) is 2. The molecule has 33 heavy (non-hydrogen) atoms. The van der Waals surface area contributed by atoms with Gasteiger partial charge in [0, 0.05) is 31.6 Å². The average Bonchev–Trinajstić information content (AvgIpc) is 3.20. The van der Waals surface area contributed by atoms with Crippen molar-refractivity contribution in [3.63, 3.8) is 0 Å². The van der Waals surface area contributed by atoms with Gasteiger partial charge < -0.3 is 10.1 Å². The van der Waals surface area contributed by atoms with Crippen molar-refractivity contribution in [2.24, 2.45) is 0 Å². The third-order valence-electron chi connectivity index (χ3n) is 6.75. The second-order valence-corrected chi connectivity index (χ2v) is 9.80. The van der Waals surface area contributed by atoms with Crippen LogP contribution < -0.4 is 0 Å². The standard InChI is InChI=1S/C30H50N2O/c1-2-3-4-5-6-7-8-9-10-11-12-13-14-15-16-20-23-30-31-28(24-25-33)29(32-30)26-27-21-18-17-19-22-27/h17-19,21-22,33H,2-16,20,23-26H2,1H3,(H,31,32). The fourth-order valence-electron chi connectivity index (χ4n) is 4.72. The molecule has 0 spiro atoms. The molecule has 0 amide bonds. The molecule has 0 aliphatic rings. The second kappa shape index (κ2) is 18.8. The van der Waals surface area contributed by atoms with Gasteiger partial charge in [-0.25, -0.2) is 4.98 Å². The van der Waals surface area contributed by atoms with Gasteiger partial charge in [0.15, 0.2) is 0 Å². The number of unbranched alkanes of at least 4 members (excludes halogenated alkanes) is 15. The van der Waals surface area contributed by atoms with Crippen LogP contribution in [0, 0.1) is 0 Å². The number of hydrogen-bond acceptors (Lipinski definition) is 2. The minimum atomic E-state index is 0.158. The van der Waals surface area contributed by atoms with Crippen molar-refractivity contribution >= 4 is 0 Å². The first-order chi connectivity index (χ1) is 16.3. The third kappa shape index (κ3) is 13.0. The third-order valence-corrected chi connectivity index (χ3v) is 6.75. The van der Waals surface area contributed by atoms with Gasteiger partial charge in [-0.05, 0) is 12.0 Å². The molecule has 0 unspecified atom stereocenters. The fourth-order valence-corrected chi connectivity index (χ4v) is 4.72. The van der Waals surface area contributed by atoms with Gasteiger partial charge >= 0.3 is 0 Å². The van der Waals surface area contributed by atoms with Gasteiger partial charge in [0.25, 0.3) is 0 Å². The van der Waals surface area contributed by atoms with Gasteiger partial charge in [-0.3, -0.25) is 0 Å². The summed E-state index contributed by atoms with van der Waals surface area (Å²) in [6.45, 7) is 2.45. The maximum atomic E-state index is 9.39. The van der Waals surface area contributed by atoms with E-state index in [0.717, 1.165) is 24.4 Å². The van der Waals surface area contributed by atoms with E-state index in [0.29, 0.717) is 6.42 Å². The van der Waals surface area contributed by atoms with Crippen molar-refractivity contribution in [1.82, 2.24) is 9.97 Å². The van der Waals surface area contributed by atoms with Crippen LogP contribution in [-0.2, 0) is 19.3 Å². The molecular formula is C30H50N2O. The molecule has 2 aromatic rings. The molecule has 1 aromatic heterocycles. The molecule has 0 aliphatic heterocycles. The summed E-state index contributed by atoms with van der Waals surface area (Å²) in [5.41, 5.74) is 3.49. The van der Waals surface area contributed by atoms with Crippen LogP contribution >= 0.6 is 0 Å². The number of H-pyrrole nitrogens is 1. The number of aromatic nitrogens is 2. The summed E-state index contributed by atoms with van der Waals surface area (Å²) in [4.78, 5) is 8.33. The van der Waals surface area contributed by atoms with Crippen molar-refractivity contribution in [1.29, 1.82) is 0 Å². The van der Waals surface area contributed by atoms with Crippen molar-refractivity contribution < 1.29 is 5.11 Å². The van der Waals surface area contributed by atoms with Crippen LogP contribution in [0.5, 0.6) is 0 Å². The van der Waals surface area contributed by atoms with Gasteiger partial charge in [0.05, 0.1) is 5.69 Å². The first kappa shape index (κ1) is 27.6. The van der Waals surface area contributed by atoms with Gasteiger partial charge in [0.1, 0.15) is 5.82 Å². The Morgan fingerprint density at radius 1 is 0.667 bits per heavy atom. The maximum absolute atomic E-state index is 9.39. The van der Waals surface area contributed by atoms with Gasteiger partial charge in [0.2, 0.25) is 0 Å². The van der Waals surface area contributed by atoms with Crippen molar-refractivity contribution in [3.8, 4) is 0 Å². The number of rotatable bonds is 21. The number of nitrogens with zero attached hydrogens (tertiary/aromatic N) is 1. The highest BCUT2D eigenvalue weighted by Gasteiger charge is 2.10. The number of aryl methyl sites for hydroxylation is 1. The van der Waals surface area contributed by atoms with Gasteiger partial charge in [-0.15, -0.1) is 0 Å². The SMILES string of the molecule is CCCCCCCCCCCCCCCCCCc1nc(CCO)c(Cc2ccccc2)[nH]1. The molecule has 0 bridgehead atoms. The quantitative estimate of drug-likeness (QED) is 0.186. The molecule has 0 atom stereocenters. The molecule has 0 saturated carbocycles. The first-order valence-electron chi connectivity index (χ1n) is 14.0. The van der Waals surface area contributed by atoms with Crippen LogP contribution in [0.15, 0.2) is 30.3 Å². The zero-order valence-corrected chi connectivity index (χ0v) is 21.4. The predicted octanol–water partition coefficient (Wildman–Crippen LogP) is 8.34. The highest BCUT2D eigenvalue weighted by atomic mass is 16.3. The van der Waals surface area contributed by atoms with Crippen LogP contribution in [0.1, 0.15) is 132 Å². The Kier molecular flexibility index (Phi) is 15.7. The summed E-state index contributed by atoms with van der Waals surface area (Å²) < 4.78 is 0. The number of aliphatic hydroxyl groups excluding tert-OH is 1. The van der Waals surface area contributed by atoms with E-state index in [1.54, 1.807) is 0 Å². The lowest BCUT2D eigenvalue weighted by molar-refractivity contribution is 0.298. The van der Waals surface area contributed by atoms with E-state index in [1.165, 1.54) is 114 Å². The first-order valence-corrected chi connectivity index (χ1v) is 14.0. The normalized spacial score (nSPS) is 11.3. The average molecular weight is 455 g/mol. The Balaban J connectivity index is 1.47. The summed E-state index contributed by atoms with van der Waals surface area (Å²) >= 11 is 0. The van der Waals surface area contributed by atoms with Crippen LogP contribution in [0.3, 0.4) is 0 Å². The summed E-state index contributed by atoms with van der Waals surface area (Å²) in [7, 11) is 0. The van der Waals surface area contributed by atoms with Crippen LogP contribution in [0.2, 0.25) is 0 Å². The molecule has 0 radical (unpaired) electrons. The fraction of sp³-hybridized carbons (Fsp3) is 0.700. The summed E-state index contributed by atoms with van der Waals surface area (Å²) in [6, 6.07) is 10.5. The lowest BCUT2D eigenvalue weighted by atomic mass is 10.0. The lowest BCUT2D eigenvalue weighted by Crippen LogP contribution is -1.98. The summed E-state index contributed by atoms with van der Waals surface area (Å²) in [5.74, 6) is 1.09. The molecule has 3 nitrogen and oxygen atoms in total. The number of imidazole rings is 1. The Hall–Kier alpha value is -1.61. The minimum Gasteiger partial charge on any atom is -0.396 e. The van der Waals surface area contributed by atoms with Crippen molar-refractivity contribution in [2.75, 3.05) is 6.61 Å². The van der Waals surface area contributed by atoms with E-state index in [-0.39, 0.29) is 6.61 Å². The highest BCUT2D eigenvalue weighted by molar-refractivity contribution is 5.25. The van der Waals surface area contributed by atoms with Gasteiger partial charge in [-0.1, -0.05) is 134 Å². The molecule has 2 N–H and O–H groups in total. The predicted molar refractivity (Wildman–Crippen MR) is 142 cm³/mol. The van der Waals surface area contributed by atoms with Crippen molar-refractivity contribution in [3.05, 3.63) is 53.1 Å².